The van der Waals surface area contributed by atoms with Crippen LogP contribution in [-0.4, -0.2) is 79.8 Å². The topological polar surface area (TPSA) is 175 Å². The summed E-state index contributed by atoms with van der Waals surface area (Å²) in [4.78, 5) is 72.9. The Labute approximate surface area is 359 Å². The molecule has 9 rings (SSSR count). The van der Waals surface area contributed by atoms with Crippen molar-refractivity contribution in [3.05, 3.63) is 114 Å². The smallest absolute Gasteiger partial charge is 0.407 e. The second kappa shape index (κ2) is 16.5. The third kappa shape index (κ3) is 7.32. The molecule has 14 heteroatoms. The number of ether oxygens (including phenoxy) is 2. The average molecular weight is 835 g/mol. The fourth-order valence-electron chi connectivity index (χ4n) is 9.14. The maximum atomic E-state index is 14.2. The van der Waals surface area contributed by atoms with Gasteiger partial charge in [0.2, 0.25) is 11.8 Å². The number of hydrogen-bond acceptors (Lipinski definition) is 8. The number of benzene rings is 4. The Bertz CT molecular complexity index is 2740. The number of H-pyrrole nitrogens is 2. The van der Waals surface area contributed by atoms with E-state index < -0.39 is 24.2 Å². The Morgan fingerprint density at radius 1 is 0.935 bits per heavy atom. The van der Waals surface area contributed by atoms with Crippen LogP contribution in [0.3, 0.4) is 0 Å². The van der Waals surface area contributed by atoms with Gasteiger partial charge in [-0.05, 0) is 82.7 Å². The van der Waals surface area contributed by atoms with Crippen molar-refractivity contribution in [2.75, 3.05) is 20.2 Å². The summed E-state index contributed by atoms with van der Waals surface area (Å²) in [5.41, 5.74) is 8.09. The van der Waals surface area contributed by atoms with Crippen molar-refractivity contribution in [3.8, 4) is 28.1 Å². The Morgan fingerprint density at radius 2 is 1.76 bits per heavy atom. The molecule has 4 amide bonds. The van der Waals surface area contributed by atoms with Crippen LogP contribution in [0.4, 0.5) is 4.79 Å². The molecule has 0 bridgehead atoms. The first-order valence-corrected chi connectivity index (χ1v) is 21.3. The predicted molar refractivity (Wildman–Crippen MR) is 235 cm³/mol. The number of fused-ring (bicyclic) bond motifs is 6. The number of rotatable bonds is 10. The van der Waals surface area contributed by atoms with Gasteiger partial charge in [0, 0.05) is 30.5 Å². The van der Waals surface area contributed by atoms with Gasteiger partial charge in [0.1, 0.15) is 42.1 Å². The number of imidazole rings is 2. The molecule has 6 aromatic rings. The first-order chi connectivity index (χ1) is 30.0. The molecular weight excluding hydrogens is 785 g/mol. The molecule has 3 aliphatic heterocycles. The van der Waals surface area contributed by atoms with Gasteiger partial charge in [-0.15, -0.1) is 0 Å². The third-order valence-corrected chi connectivity index (χ3v) is 12.4. The van der Waals surface area contributed by atoms with Crippen LogP contribution in [0.25, 0.3) is 44.2 Å². The van der Waals surface area contributed by atoms with E-state index in [-0.39, 0.29) is 36.1 Å². The Balaban J connectivity index is 0.965. The number of alkyl carbamates (subject to hydrolysis) is 1. The highest BCUT2D eigenvalue weighted by Gasteiger charge is 2.40. The Morgan fingerprint density at radius 3 is 2.53 bits per heavy atom. The average Bonchev–Trinajstić information content (AvgIpc) is 4.12. The molecule has 0 radical (unpaired) electrons. The maximum absolute atomic E-state index is 14.2. The summed E-state index contributed by atoms with van der Waals surface area (Å²) in [6.07, 6.45) is 3.64. The lowest BCUT2D eigenvalue weighted by Gasteiger charge is -2.29. The zero-order chi connectivity index (χ0) is 43.2. The number of hydrogen-bond donors (Lipinski definition) is 4. The third-order valence-electron chi connectivity index (χ3n) is 12.4. The van der Waals surface area contributed by atoms with Crippen molar-refractivity contribution in [1.29, 1.82) is 0 Å². The van der Waals surface area contributed by atoms with Gasteiger partial charge < -0.3 is 39.9 Å². The van der Waals surface area contributed by atoms with Crippen LogP contribution < -0.4 is 15.4 Å². The molecule has 14 nitrogen and oxygen atoms in total. The van der Waals surface area contributed by atoms with E-state index in [1.54, 1.807) is 18.0 Å². The molecule has 2 fully saturated rings. The summed E-state index contributed by atoms with van der Waals surface area (Å²) in [7, 11) is 1.29. The van der Waals surface area contributed by atoms with E-state index in [0.717, 1.165) is 79.5 Å². The SMILES string of the molecule is C=C1CCN(C(=O)[C@H](NC(=O)CC)c2ccccc2)[C@@H]1c1ncc(-c2ccc3c(c2)COc2cc4c(ccc5nc([C@@H]6CCCN6C(=O)[C@@H](NC(=O)OC)C(C)C)[nH]c54)cc2-3)[nH]1. The van der Waals surface area contributed by atoms with Gasteiger partial charge in [0.25, 0.3) is 5.91 Å². The molecular formula is C48H50N8O6. The molecule has 5 heterocycles. The molecule has 0 aliphatic carbocycles. The molecule has 0 unspecified atom stereocenters. The van der Waals surface area contributed by atoms with Crippen molar-refractivity contribution >= 4 is 45.6 Å². The largest absolute Gasteiger partial charge is 0.488 e. The fraction of sp³-hybridized carbons (Fsp3) is 0.333. The fourth-order valence-corrected chi connectivity index (χ4v) is 9.14. The Hall–Kier alpha value is -6.96. The lowest BCUT2D eigenvalue weighted by atomic mass is 9.92. The van der Waals surface area contributed by atoms with Crippen LogP contribution in [0, 0.1) is 5.92 Å². The van der Waals surface area contributed by atoms with Crippen LogP contribution in [-0.2, 0) is 25.7 Å². The summed E-state index contributed by atoms with van der Waals surface area (Å²) < 4.78 is 11.2. The molecule has 318 valence electrons. The minimum atomic E-state index is -0.822. The van der Waals surface area contributed by atoms with Crippen LogP contribution in [0.15, 0.2) is 91.1 Å². The van der Waals surface area contributed by atoms with Crippen LogP contribution >= 0.6 is 0 Å². The van der Waals surface area contributed by atoms with Crippen LogP contribution in [0.5, 0.6) is 5.75 Å². The number of aromatic nitrogens is 4. The van der Waals surface area contributed by atoms with Gasteiger partial charge in [-0.25, -0.2) is 14.8 Å². The number of likely N-dealkylation sites (tertiary alicyclic amines) is 2. The minimum Gasteiger partial charge on any atom is -0.488 e. The highest BCUT2D eigenvalue weighted by atomic mass is 16.5. The Kier molecular flexibility index (Phi) is 10.8. The molecule has 4 N–H and O–H groups in total. The van der Waals surface area contributed by atoms with E-state index in [1.165, 1.54) is 7.11 Å². The molecule has 0 spiro atoms. The number of aromatic amines is 2. The van der Waals surface area contributed by atoms with E-state index in [1.807, 2.05) is 55.1 Å². The quantitative estimate of drug-likeness (QED) is 0.101. The van der Waals surface area contributed by atoms with E-state index in [2.05, 4.69) is 63.6 Å². The van der Waals surface area contributed by atoms with Crippen molar-refractivity contribution in [2.24, 2.45) is 5.92 Å². The molecule has 2 aromatic heterocycles. The van der Waals surface area contributed by atoms with Crippen molar-refractivity contribution in [3.63, 3.8) is 0 Å². The molecule has 4 aromatic carbocycles. The number of carbonyl (C=O) groups is 4. The second-order valence-corrected chi connectivity index (χ2v) is 16.6. The van der Waals surface area contributed by atoms with E-state index in [9.17, 15) is 19.2 Å². The molecule has 3 aliphatic rings. The number of nitrogens with one attached hydrogen (secondary N) is 4. The predicted octanol–water partition coefficient (Wildman–Crippen LogP) is 7.81. The maximum Gasteiger partial charge on any atom is 0.407 e. The van der Waals surface area contributed by atoms with E-state index in [0.29, 0.717) is 37.8 Å². The van der Waals surface area contributed by atoms with Crippen molar-refractivity contribution in [2.45, 2.75) is 77.2 Å². The highest BCUT2D eigenvalue weighted by molar-refractivity contribution is 6.07. The van der Waals surface area contributed by atoms with E-state index in [4.69, 9.17) is 19.4 Å². The zero-order valence-electron chi connectivity index (χ0n) is 35.3. The normalized spacial score (nSPS) is 18.0. The first-order valence-electron chi connectivity index (χ1n) is 21.3. The number of methoxy groups -OCH3 is 1. The summed E-state index contributed by atoms with van der Waals surface area (Å²) in [6, 6.07) is 21.6. The van der Waals surface area contributed by atoms with Crippen LogP contribution in [0.2, 0.25) is 0 Å². The van der Waals surface area contributed by atoms with Crippen molar-refractivity contribution < 1.29 is 28.7 Å². The number of nitrogens with zero attached hydrogens (tertiary/aromatic N) is 4. The first kappa shape index (κ1) is 40.4. The molecule has 2 saturated heterocycles. The molecule has 62 heavy (non-hydrogen) atoms. The lowest BCUT2D eigenvalue weighted by Crippen LogP contribution is -2.51. The summed E-state index contributed by atoms with van der Waals surface area (Å²) in [5, 5.41) is 7.63. The molecule has 4 atom stereocenters. The van der Waals surface area contributed by atoms with Crippen molar-refractivity contribution in [1.82, 2.24) is 40.4 Å². The van der Waals surface area contributed by atoms with Gasteiger partial charge in [0.05, 0.1) is 36.1 Å². The van der Waals surface area contributed by atoms with Gasteiger partial charge in [-0.1, -0.05) is 75.9 Å². The standard InChI is InChI=1S/C48H50N8O6/c1-6-39(57)52-41(28-11-8-7-9-12-28)47(59)56-20-18-27(4)43(56)45-49-24-36(51-45)30-14-16-32-31(21-30)25-62-38-23-33-29(22-34(32)38)15-17-35-42(33)53-44(50-35)37-13-10-19-55(37)46(58)40(26(2)3)54-48(60)61-5/h7-9,11-12,14-17,21-24,26,37,40-41,43H,4,6,10,13,18-20,25H2,1-3,5H3,(H,49,51)(H,50,53)(H,52,57)(H,54,60)/t37-,40-,41+,43-/m0/s1. The number of amides is 4. The summed E-state index contributed by atoms with van der Waals surface area (Å²) >= 11 is 0. The van der Waals surface area contributed by atoms with E-state index >= 15 is 0 Å². The van der Waals surface area contributed by atoms with Gasteiger partial charge in [-0.2, -0.15) is 0 Å². The lowest BCUT2D eigenvalue weighted by molar-refractivity contribution is -0.137. The van der Waals surface area contributed by atoms with Gasteiger partial charge in [-0.3, -0.25) is 14.4 Å². The second-order valence-electron chi connectivity index (χ2n) is 16.6. The monoisotopic (exact) mass is 834 g/mol. The molecule has 0 saturated carbocycles. The minimum absolute atomic E-state index is 0.126. The zero-order valence-corrected chi connectivity index (χ0v) is 35.3. The number of carbonyl (C=O) groups excluding carboxylic acids is 4. The summed E-state index contributed by atoms with van der Waals surface area (Å²) in [6.45, 7) is 11.3. The van der Waals surface area contributed by atoms with Gasteiger partial charge >= 0.3 is 6.09 Å². The van der Waals surface area contributed by atoms with Crippen LogP contribution in [0.1, 0.15) is 87.4 Å². The summed E-state index contributed by atoms with van der Waals surface area (Å²) in [5.74, 6) is 1.42. The van der Waals surface area contributed by atoms with Gasteiger partial charge in [0.15, 0.2) is 0 Å². The highest BCUT2D eigenvalue weighted by Crippen LogP contribution is 2.44.